The van der Waals surface area contributed by atoms with Crippen molar-refractivity contribution < 1.29 is 9.53 Å². The van der Waals surface area contributed by atoms with Gasteiger partial charge < -0.3 is 4.74 Å². The Hall–Kier alpha value is -0.790. The second-order valence-electron chi connectivity index (χ2n) is 1.83. The summed E-state index contributed by atoms with van der Waals surface area (Å²) in [6, 6.07) is 0. The first-order chi connectivity index (χ1) is 4.35. The lowest BCUT2D eigenvalue weighted by molar-refractivity contribution is -0.129. The van der Waals surface area contributed by atoms with E-state index in [4.69, 9.17) is 0 Å². The van der Waals surface area contributed by atoms with Gasteiger partial charge in [0.15, 0.2) is 0 Å². The Morgan fingerprint density at radius 3 is 2.78 bits per heavy atom. The van der Waals surface area contributed by atoms with Gasteiger partial charge in [-0.2, -0.15) is 0 Å². The lowest BCUT2D eigenvalue weighted by Gasteiger charge is -2.05. The minimum absolute atomic E-state index is 0.315. The molecule has 0 aliphatic carbocycles. The summed E-state index contributed by atoms with van der Waals surface area (Å²) < 4.78 is 4.53. The first-order valence-corrected chi connectivity index (χ1v) is 3.03. The fourth-order valence-electron chi connectivity index (χ4n) is 0.515. The van der Waals surface area contributed by atoms with Crippen molar-refractivity contribution in [3.05, 3.63) is 12.7 Å². The van der Waals surface area contributed by atoms with Crippen molar-refractivity contribution in [2.75, 3.05) is 6.61 Å². The predicted octanol–water partition coefficient (Wildman–Crippen LogP) is 1.37. The SMILES string of the molecule is C=CC(CC)COC=O. The largest absolute Gasteiger partial charge is 0.467 e. The summed E-state index contributed by atoms with van der Waals surface area (Å²) in [5, 5.41) is 0. The molecule has 0 radical (unpaired) electrons. The van der Waals surface area contributed by atoms with E-state index in [2.05, 4.69) is 11.3 Å². The average Bonchev–Trinajstić information content (AvgIpc) is 1.91. The Bertz CT molecular complexity index is 88.9. The lowest BCUT2D eigenvalue weighted by Crippen LogP contribution is -2.03. The molecule has 2 nitrogen and oxygen atoms in total. The van der Waals surface area contributed by atoms with E-state index in [0.29, 0.717) is 19.0 Å². The number of carbonyl (C=O) groups excluding carboxylic acids is 1. The van der Waals surface area contributed by atoms with Crippen molar-refractivity contribution in [2.45, 2.75) is 13.3 Å². The normalized spacial score (nSPS) is 12.1. The van der Waals surface area contributed by atoms with Crippen LogP contribution >= 0.6 is 0 Å². The standard InChI is InChI=1S/C7H12O2/c1-3-7(4-2)5-9-6-8/h3,6-7H,1,4-5H2,2H3. The van der Waals surface area contributed by atoms with Crippen LogP contribution in [-0.2, 0) is 9.53 Å². The first-order valence-electron chi connectivity index (χ1n) is 3.03. The predicted molar refractivity (Wildman–Crippen MR) is 36.0 cm³/mol. The summed E-state index contributed by atoms with van der Waals surface area (Å²) in [5.74, 6) is 0.315. The molecule has 0 aromatic carbocycles. The van der Waals surface area contributed by atoms with Gasteiger partial charge >= 0.3 is 0 Å². The van der Waals surface area contributed by atoms with Crippen LogP contribution in [0.5, 0.6) is 0 Å². The Labute approximate surface area is 55.5 Å². The maximum atomic E-state index is 9.68. The van der Waals surface area contributed by atoms with Gasteiger partial charge in [-0.1, -0.05) is 13.0 Å². The zero-order valence-electron chi connectivity index (χ0n) is 5.67. The molecule has 0 spiro atoms. The van der Waals surface area contributed by atoms with E-state index in [-0.39, 0.29) is 0 Å². The topological polar surface area (TPSA) is 26.3 Å². The van der Waals surface area contributed by atoms with Crippen molar-refractivity contribution in [3.8, 4) is 0 Å². The molecular weight excluding hydrogens is 116 g/mol. The first kappa shape index (κ1) is 8.21. The van der Waals surface area contributed by atoms with E-state index in [0.717, 1.165) is 6.42 Å². The number of carbonyl (C=O) groups is 1. The third kappa shape index (κ3) is 3.76. The van der Waals surface area contributed by atoms with Gasteiger partial charge in [-0.3, -0.25) is 4.79 Å². The molecule has 1 unspecified atom stereocenters. The zero-order chi connectivity index (χ0) is 7.11. The van der Waals surface area contributed by atoms with E-state index in [1.807, 2.05) is 6.92 Å². The van der Waals surface area contributed by atoms with Gasteiger partial charge in [-0.05, 0) is 6.42 Å². The molecule has 0 aromatic heterocycles. The maximum absolute atomic E-state index is 9.68. The minimum atomic E-state index is 0.315. The van der Waals surface area contributed by atoms with Crippen molar-refractivity contribution in [3.63, 3.8) is 0 Å². The molecule has 0 fully saturated rings. The smallest absolute Gasteiger partial charge is 0.293 e. The molecule has 0 rings (SSSR count). The molecule has 0 saturated carbocycles. The fourth-order valence-corrected chi connectivity index (χ4v) is 0.515. The fraction of sp³-hybridized carbons (Fsp3) is 0.571. The maximum Gasteiger partial charge on any atom is 0.293 e. The molecule has 0 heterocycles. The van der Waals surface area contributed by atoms with Crippen molar-refractivity contribution >= 4 is 6.47 Å². The van der Waals surface area contributed by atoms with Crippen molar-refractivity contribution in [2.24, 2.45) is 5.92 Å². The Morgan fingerprint density at radius 2 is 2.44 bits per heavy atom. The Morgan fingerprint density at radius 1 is 1.78 bits per heavy atom. The highest BCUT2D eigenvalue weighted by molar-refractivity contribution is 5.36. The molecule has 2 heteroatoms. The van der Waals surface area contributed by atoms with Crippen molar-refractivity contribution in [1.82, 2.24) is 0 Å². The molecule has 9 heavy (non-hydrogen) atoms. The third-order valence-electron chi connectivity index (χ3n) is 1.24. The molecule has 0 N–H and O–H groups in total. The van der Waals surface area contributed by atoms with Gasteiger partial charge in [0.05, 0.1) is 6.61 Å². The summed E-state index contributed by atoms with van der Waals surface area (Å²) in [4.78, 5) is 9.68. The van der Waals surface area contributed by atoms with Gasteiger partial charge in [-0.25, -0.2) is 0 Å². The molecule has 52 valence electrons. The van der Waals surface area contributed by atoms with Crippen LogP contribution in [0.25, 0.3) is 0 Å². The number of ether oxygens (including phenoxy) is 1. The summed E-state index contributed by atoms with van der Waals surface area (Å²) in [6.45, 7) is 6.54. The highest BCUT2D eigenvalue weighted by Crippen LogP contribution is 2.01. The molecule has 0 aromatic rings. The van der Waals surface area contributed by atoms with Gasteiger partial charge in [0.25, 0.3) is 6.47 Å². The summed E-state index contributed by atoms with van der Waals surface area (Å²) >= 11 is 0. The summed E-state index contributed by atoms with van der Waals surface area (Å²) in [7, 11) is 0. The van der Waals surface area contributed by atoms with Crippen LogP contribution in [0, 0.1) is 5.92 Å². The molecule has 0 bridgehead atoms. The van der Waals surface area contributed by atoms with E-state index in [1.54, 1.807) is 6.08 Å². The molecule has 0 saturated heterocycles. The van der Waals surface area contributed by atoms with Crippen LogP contribution in [0.15, 0.2) is 12.7 Å². The Balaban J connectivity index is 3.30. The van der Waals surface area contributed by atoms with E-state index in [1.165, 1.54) is 0 Å². The van der Waals surface area contributed by atoms with Crippen LogP contribution in [0.1, 0.15) is 13.3 Å². The van der Waals surface area contributed by atoms with E-state index in [9.17, 15) is 4.79 Å². The zero-order valence-corrected chi connectivity index (χ0v) is 5.67. The second kappa shape index (κ2) is 5.35. The van der Waals surface area contributed by atoms with Crippen LogP contribution in [-0.4, -0.2) is 13.1 Å². The highest BCUT2D eigenvalue weighted by atomic mass is 16.5. The van der Waals surface area contributed by atoms with Gasteiger partial charge in [-0.15, -0.1) is 6.58 Å². The van der Waals surface area contributed by atoms with Gasteiger partial charge in [0, 0.05) is 5.92 Å². The molecule has 0 aliphatic rings. The van der Waals surface area contributed by atoms with Crippen LogP contribution < -0.4 is 0 Å². The van der Waals surface area contributed by atoms with Crippen molar-refractivity contribution in [1.29, 1.82) is 0 Å². The van der Waals surface area contributed by atoms with Gasteiger partial charge in [0.2, 0.25) is 0 Å². The number of hydrogen-bond donors (Lipinski definition) is 0. The van der Waals surface area contributed by atoms with E-state index < -0.39 is 0 Å². The van der Waals surface area contributed by atoms with E-state index >= 15 is 0 Å². The second-order valence-corrected chi connectivity index (χ2v) is 1.83. The van der Waals surface area contributed by atoms with Crippen LogP contribution in [0.3, 0.4) is 0 Å². The van der Waals surface area contributed by atoms with Crippen LogP contribution in [0.2, 0.25) is 0 Å². The summed E-state index contributed by atoms with van der Waals surface area (Å²) in [5.41, 5.74) is 0. The number of rotatable bonds is 5. The third-order valence-corrected chi connectivity index (χ3v) is 1.24. The molecule has 1 atom stereocenters. The number of hydrogen-bond acceptors (Lipinski definition) is 2. The monoisotopic (exact) mass is 128 g/mol. The summed E-state index contributed by atoms with van der Waals surface area (Å²) in [6.07, 6.45) is 2.76. The van der Waals surface area contributed by atoms with Gasteiger partial charge in [0.1, 0.15) is 0 Å². The lowest BCUT2D eigenvalue weighted by atomic mass is 10.1. The Kier molecular flexibility index (Phi) is 4.88. The van der Waals surface area contributed by atoms with Crippen LogP contribution in [0.4, 0.5) is 0 Å². The average molecular weight is 128 g/mol. The molecule has 0 amide bonds. The minimum Gasteiger partial charge on any atom is -0.467 e. The quantitative estimate of drug-likeness (QED) is 0.413. The molecule has 0 aliphatic heterocycles. The molecular formula is C7H12O2. The highest BCUT2D eigenvalue weighted by Gasteiger charge is 1.98.